The predicted molar refractivity (Wildman–Crippen MR) is 129 cm³/mol. The number of rotatable bonds is 8. The van der Waals surface area contributed by atoms with Crippen molar-refractivity contribution >= 4 is 11.9 Å². The van der Waals surface area contributed by atoms with Crippen LogP contribution >= 0.6 is 0 Å². The molecule has 2 N–H and O–H groups in total. The molecule has 6 nitrogen and oxygen atoms in total. The lowest BCUT2D eigenvalue weighted by Gasteiger charge is -2.19. The Morgan fingerprint density at radius 2 is 1.53 bits per heavy atom. The van der Waals surface area contributed by atoms with E-state index < -0.39 is 0 Å². The summed E-state index contributed by atoms with van der Waals surface area (Å²) in [6, 6.07) is 17.2. The van der Waals surface area contributed by atoms with Crippen molar-refractivity contribution in [1.29, 1.82) is 0 Å². The number of guanidine groups is 1. The minimum atomic E-state index is 0.261. The molecule has 2 aliphatic heterocycles. The van der Waals surface area contributed by atoms with Gasteiger partial charge in [-0.3, -0.25) is 14.7 Å². The van der Waals surface area contributed by atoms with Crippen LogP contribution < -0.4 is 10.6 Å². The van der Waals surface area contributed by atoms with Crippen LogP contribution in [-0.2, 0) is 31.0 Å². The number of benzene rings is 2. The van der Waals surface area contributed by atoms with Gasteiger partial charge in [-0.1, -0.05) is 48.5 Å². The predicted octanol–water partition coefficient (Wildman–Crippen LogP) is 3.27. The summed E-state index contributed by atoms with van der Waals surface area (Å²) in [7, 11) is 1.79. The van der Waals surface area contributed by atoms with Gasteiger partial charge in [0.2, 0.25) is 5.91 Å². The molecule has 2 aromatic rings. The van der Waals surface area contributed by atoms with Gasteiger partial charge in [0.15, 0.2) is 5.96 Å². The van der Waals surface area contributed by atoms with Crippen LogP contribution in [0.1, 0.15) is 47.9 Å². The van der Waals surface area contributed by atoms with Crippen LogP contribution in [0.5, 0.6) is 0 Å². The van der Waals surface area contributed by atoms with Crippen molar-refractivity contribution in [2.45, 2.75) is 51.9 Å². The van der Waals surface area contributed by atoms with Crippen molar-refractivity contribution in [3.63, 3.8) is 0 Å². The van der Waals surface area contributed by atoms with E-state index in [4.69, 9.17) is 0 Å². The summed E-state index contributed by atoms with van der Waals surface area (Å²) in [6.07, 6.45) is 4.30. The van der Waals surface area contributed by atoms with Gasteiger partial charge in [-0.25, -0.2) is 0 Å². The number of hydrogen-bond donors (Lipinski definition) is 2. The number of carbonyl (C=O) groups excluding carboxylic acids is 1. The number of nitrogens with one attached hydrogen (secondary N) is 2. The maximum atomic E-state index is 12.0. The molecule has 2 aromatic carbocycles. The van der Waals surface area contributed by atoms with Gasteiger partial charge in [-0.2, -0.15) is 0 Å². The van der Waals surface area contributed by atoms with Crippen molar-refractivity contribution in [3.05, 3.63) is 70.8 Å². The Balaban J connectivity index is 1.27. The molecule has 0 radical (unpaired) electrons. The molecular formula is C26H35N5O. The quantitative estimate of drug-likeness (QED) is 0.496. The fourth-order valence-electron chi connectivity index (χ4n) is 4.51. The van der Waals surface area contributed by atoms with Gasteiger partial charge >= 0.3 is 0 Å². The molecule has 2 fully saturated rings. The van der Waals surface area contributed by atoms with Crippen LogP contribution in [0.2, 0.25) is 0 Å². The van der Waals surface area contributed by atoms with Gasteiger partial charge < -0.3 is 15.5 Å². The third-order valence-electron chi connectivity index (χ3n) is 6.41. The van der Waals surface area contributed by atoms with Gasteiger partial charge in [-0.05, 0) is 54.6 Å². The normalized spacial score (nSPS) is 17.2. The van der Waals surface area contributed by atoms with E-state index in [1.54, 1.807) is 7.05 Å². The highest BCUT2D eigenvalue weighted by atomic mass is 16.2. The van der Waals surface area contributed by atoms with Crippen LogP contribution in [0.25, 0.3) is 0 Å². The van der Waals surface area contributed by atoms with Gasteiger partial charge in [0.25, 0.3) is 0 Å². The smallest absolute Gasteiger partial charge is 0.222 e. The van der Waals surface area contributed by atoms with E-state index >= 15 is 0 Å². The van der Waals surface area contributed by atoms with E-state index in [-0.39, 0.29) is 5.91 Å². The first-order chi connectivity index (χ1) is 15.7. The number of nitrogens with zero attached hydrogens (tertiary/aromatic N) is 3. The molecule has 0 aromatic heterocycles. The van der Waals surface area contributed by atoms with Crippen molar-refractivity contribution < 1.29 is 4.79 Å². The zero-order valence-corrected chi connectivity index (χ0v) is 19.1. The first-order valence-corrected chi connectivity index (χ1v) is 11.8. The molecule has 1 amide bonds. The highest BCUT2D eigenvalue weighted by Crippen LogP contribution is 2.17. The van der Waals surface area contributed by atoms with E-state index in [1.807, 2.05) is 17.0 Å². The van der Waals surface area contributed by atoms with E-state index in [0.29, 0.717) is 19.5 Å². The fraction of sp³-hybridized carbons (Fsp3) is 0.462. The lowest BCUT2D eigenvalue weighted by molar-refractivity contribution is -0.128. The van der Waals surface area contributed by atoms with E-state index in [1.165, 1.54) is 48.2 Å². The molecule has 2 saturated heterocycles. The summed E-state index contributed by atoms with van der Waals surface area (Å²) >= 11 is 0. The summed E-state index contributed by atoms with van der Waals surface area (Å²) in [5.41, 5.74) is 5.01. The maximum absolute atomic E-state index is 12.0. The Labute approximate surface area is 191 Å². The van der Waals surface area contributed by atoms with Crippen molar-refractivity contribution in [2.75, 3.05) is 26.7 Å². The standard InChI is InChI=1S/C26H35N5O/c1-27-26(28-17-21-10-12-22(13-11-21)19-30-14-4-5-15-30)29-18-23-7-2-3-8-24(23)20-31-16-6-9-25(31)32/h2-3,7-8,10-13H,4-6,9,14-20H2,1H3,(H2,27,28,29). The Kier molecular flexibility index (Phi) is 7.77. The largest absolute Gasteiger partial charge is 0.352 e. The zero-order valence-electron chi connectivity index (χ0n) is 19.1. The topological polar surface area (TPSA) is 60.0 Å². The van der Waals surface area contributed by atoms with Crippen molar-refractivity contribution in [2.24, 2.45) is 4.99 Å². The van der Waals surface area contributed by atoms with Crippen molar-refractivity contribution in [1.82, 2.24) is 20.4 Å². The van der Waals surface area contributed by atoms with Crippen LogP contribution in [0.15, 0.2) is 53.5 Å². The minimum absolute atomic E-state index is 0.261. The monoisotopic (exact) mass is 433 g/mol. The number of carbonyl (C=O) groups is 1. The highest BCUT2D eigenvalue weighted by Gasteiger charge is 2.20. The number of aliphatic imine (C=N–C) groups is 1. The molecule has 0 saturated carbocycles. The summed E-state index contributed by atoms with van der Waals surface area (Å²) in [5.74, 6) is 1.04. The molecule has 6 heteroatoms. The lowest BCUT2D eigenvalue weighted by Crippen LogP contribution is -2.36. The first-order valence-electron chi connectivity index (χ1n) is 11.8. The number of hydrogen-bond acceptors (Lipinski definition) is 3. The van der Waals surface area contributed by atoms with E-state index in [9.17, 15) is 4.79 Å². The van der Waals surface area contributed by atoms with Crippen LogP contribution in [0, 0.1) is 0 Å². The Bertz CT molecular complexity index is 918. The van der Waals surface area contributed by atoms with Crippen LogP contribution in [0.3, 0.4) is 0 Å². The lowest BCUT2D eigenvalue weighted by atomic mass is 10.1. The second-order valence-electron chi connectivity index (χ2n) is 8.77. The average Bonchev–Trinajstić information content (AvgIpc) is 3.48. The van der Waals surface area contributed by atoms with Gasteiger partial charge in [0, 0.05) is 46.2 Å². The molecule has 0 unspecified atom stereocenters. The Hall–Kier alpha value is -2.86. The fourth-order valence-corrected chi connectivity index (χ4v) is 4.51. The van der Waals surface area contributed by atoms with Crippen LogP contribution in [-0.4, -0.2) is 48.3 Å². The maximum Gasteiger partial charge on any atom is 0.222 e. The molecule has 32 heavy (non-hydrogen) atoms. The van der Waals surface area contributed by atoms with Crippen LogP contribution in [0.4, 0.5) is 0 Å². The molecule has 170 valence electrons. The second-order valence-corrected chi connectivity index (χ2v) is 8.77. The average molecular weight is 434 g/mol. The summed E-state index contributed by atoms with van der Waals surface area (Å²) < 4.78 is 0. The Morgan fingerprint density at radius 3 is 2.22 bits per heavy atom. The Morgan fingerprint density at radius 1 is 0.844 bits per heavy atom. The molecule has 2 heterocycles. The molecule has 0 atom stereocenters. The van der Waals surface area contributed by atoms with Crippen molar-refractivity contribution in [3.8, 4) is 0 Å². The first kappa shape index (κ1) is 22.3. The summed E-state index contributed by atoms with van der Waals surface area (Å²) in [6.45, 7) is 6.46. The highest BCUT2D eigenvalue weighted by molar-refractivity contribution is 5.79. The molecule has 4 rings (SSSR count). The molecule has 0 spiro atoms. The van der Waals surface area contributed by atoms with Gasteiger partial charge in [0.05, 0.1) is 0 Å². The van der Waals surface area contributed by atoms with E-state index in [0.717, 1.165) is 32.0 Å². The summed E-state index contributed by atoms with van der Waals surface area (Å²) in [5, 5.41) is 6.83. The molecule has 2 aliphatic rings. The number of likely N-dealkylation sites (tertiary alicyclic amines) is 2. The second kappa shape index (κ2) is 11.1. The molecule has 0 aliphatic carbocycles. The third kappa shape index (κ3) is 6.10. The summed E-state index contributed by atoms with van der Waals surface area (Å²) in [4.78, 5) is 20.9. The third-order valence-corrected chi connectivity index (χ3v) is 6.41. The molecule has 0 bridgehead atoms. The SMILES string of the molecule is CN=C(NCc1ccc(CN2CCCC2)cc1)NCc1ccccc1CN1CCCC1=O. The molecular weight excluding hydrogens is 398 g/mol. The number of amides is 1. The van der Waals surface area contributed by atoms with Gasteiger partial charge in [-0.15, -0.1) is 0 Å². The van der Waals surface area contributed by atoms with Gasteiger partial charge in [0.1, 0.15) is 0 Å². The minimum Gasteiger partial charge on any atom is -0.352 e. The van der Waals surface area contributed by atoms with E-state index in [2.05, 4.69) is 56.9 Å². The zero-order chi connectivity index (χ0) is 22.2.